The van der Waals surface area contributed by atoms with Crippen LogP contribution in [-0.4, -0.2) is 30.1 Å². The highest BCUT2D eigenvalue weighted by Gasteiger charge is 2.60. The monoisotopic (exact) mass is 482 g/mol. The van der Waals surface area contributed by atoms with Gasteiger partial charge >= 0.3 is 11.9 Å². The molecule has 0 N–H and O–H groups in total. The summed E-state index contributed by atoms with van der Waals surface area (Å²) >= 11 is 0. The second kappa shape index (κ2) is 9.51. The first-order valence-corrected chi connectivity index (χ1v) is 13.1. The second-order valence-corrected chi connectivity index (χ2v) is 11.3. The Labute approximate surface area is 208 Å². The molecule has 0 heterocycles. The summed E-state index contributed by atoms with van der Waals surface area (Å²) in [7, 11) is 0. The highest BCUT2D eigenvalue weighted by molar-refractivity contribution is 5.93. The summed E-state index contributed by atoms with van der Waals surface area (Å²) in [4.78, 5) is 49.3. The van der Waals surface area contributed by atoms with E-state index in [9.17, 15) is 19.2 Å². The molecule has 190 valence electrons. The molecule has 0 aliphatic heterocycles. The lowest BCUT2D eigenvalue weighted by atomic mass is 9.50. The first-order valence-electron chi connectivity index (χ1n) is 13.1. The van der Waals surface area contributed by atoms with Gasteiger partial charge in [0.1, 0.15) is 6.61 Å². The van der Waals surface area contributed by atoms with Gasteiger partial charge in [0.05, 0.1) is 6.26 Å². The molecule has 0 aromatic heterocycles. The van der Waals surface area contributed by atoms with Crippen LogP contribution in [-0.2, 0) is 28.7 Å². The van der Waals surface area contributed by atoms with Crippen LogP contribution in [0.4, 0.5) is 0 Å². The molecule has 6 atom stereocenters. The Morgan fingerprint density at radius 1 is 1.14 bits per heavy atom. The molecule has 4 rings (SSSR count). The lowest BCUT2D eigenvalue weighted by Crippen LogP contribution is -2.46. The Morgan fingerprint density at radius 2 is 1.86 bits per heavy atom. The minimum atomic E-state index is -0.348. The van der Waals surface area contributed by atoms with Crippen LogP contribution in [0, 0.1) is 34.5 Å². The molecule has 0 unspecified atom stereocenters. The van der Waals surface area contributed by atoms with E-state index in [-0.39, 0.29) is 77.5 Å². The fraction of sp³-hybridized carbons (Fsp3) is 0.655. The van der Waals surface area contributed by atoms with E-state index >= 15 is 0 Å². The van der Waals surface area contributed by atoms with Crippen LogP contribution in [0.1, 0.15) is 79.6 Å². The quantitative estimate of drug-likeness (QED) is 0.291. The lowest BCUT2D eigenvalue weighted by molar-refractivity contribution is -0.150. The van der Waals surface area contributed by atoms with Crippen LogP contribution < -0.4 is 0 Å². The van der Waals surface area contributed by atoms with E-state index in [1.54, 1.807) is 26.2 Å². The maximum absolute atomic E-state index is 13.3. The number of carbonyl (C=O) groups is 4. The van der Waals surface area contributed by atoms with Crippen molar-refractivity contribution in [3.05, 3.63) is 35.1 Å². The van der Waals surface area contributed by atoms with Crippen molar-refractivity contribution in [1.82, 2.24) is 0 Å². The summed E-state index contributed by atoms with van der Waals surface area (Å²) in [6.07, 6.45) is 9.87. The maximum atomic E-state index is 13.3. The number of carbonyl (C=O) groups excluding carboxylic acids is 4. The molecule has 0 aromatic carbocycles. The molecule has 0 amide bonds. The average molecular weight is 483 g/mol. The van der Waals surface area contributed by atoms with Crippen LogP contribution in [0.5, 0.6) is 0 Å². The van der Waals surface area contributed by atoms with Crippen molar-refractivity contribution >= 4 is 23.5 Å². The Bertz CT molecular complexity index is 1030. The van der Waals surface area contributed by atoms with E-state index in [1.165, 1.54) is 5.57 Å². The van der Waals surface area contributed by atoms with Gasteiger partial charge in [-0.25, -0.2) is 0 Å². The number of allylic oxidation sites excluding steroid dienone is 5. The van der Waals surface area contributed by atoms with Crippen LogP contribution in [0.3, 0.4) is 0 Å². The minimum Gasteiger partial charge on any atom is -0.458 e. The summed E-state index contributed by atoms with van der Waals surface area (Å²) in [5.74, 6) is 0.0134. The normalized spacial score (nSPS) is 36.9. The standard InChI is InChI=1S/C29H38O6/c1-6-25(32)34-15-18-13-20-21(28(4)10-8-19(30)14-22(18)28)9-11-29(5)23(20)12-17(3)27(29)24(31)16-35-26(33)7-2/h9,14-15,17,20,23,27H,6-8,10-13,16H2,1-5H3/t17-,20+,23-,27+,28+,29-/m0/s1. The third kappa shape index (κ3) is 4.34. The van der Waals surface area contributed by atoms with Crippen molar-refractivity contribution in [2.24, 2.45) is 34.5 Å². The summed E-state index contributed by atoms with van der Waals surface area (Å²) in [6.45, 7) is 9.91. The molecular weight excluding hydrogens is 444 g/mol. The van der Waals surface area contributed by atoms with Crippen LogP contribution in [0.25, 0.3) is 0 Å². The first-order chi connectivity index (χ1) is 16.5. The predicted octanol–water partition coefficient (Wildman–Crippen LogP) is 5.27. The highest BCUT2D eigenvalue weighted by Crippen LogP contribution is 2.66. The Hall–Kier alpha value is -2.50. The molecule has 0 aromatic rings. The average Bonchev–Trinajstić information content (AvgIpc) is 3.11. The van der Waals surface area contributed by atoms with E-state index < -0.39 is 0 Å². The van der Waals surface area contributed by atoms with Gasteiger partial charge in [0.25, 0.3) is 0 Å². The smallest absolute Gasteiger partial charge is 0.310 e. The van der Waals surface area contributed by atoms with E-state index in [0.29, 0.717) is 12.8 Å². The van der Waals surface area contributed by atoms with Crippen LogP contribution in [0.15, 0.2) is 35.1 Å². The zero-order valence-electron chi connectivity index (χ0n) is 21.6. The van der Waals surface area contributed by atoms with Gasteiger partial charge in [0.15, 0.2) is 11.6 Å². The number of hydrogen-bond donors (Lipinski definition) is 0. The molecule has 2 saturated carbocycles. The van der Waals surface area contributed by atoms with Gasteiger partial charge in [0, 0.05) is 30.6 Å². The zero-order chi connectivity index (χ0) is 25.5. The number of ketones is 2. The molecule has 0 radical (unpaired) electrons. The van der Waals surface area contributed by atoms with E-state index in [4.69, 9.17) is 9.47 Å². The molecule has 0 spiro atoms. The third-order valence-electron chi connectivity index (χ3n) is 9.23. The Morgan fingerprint density at radius 3 is 2.54 bits per heavy atom. The van der Waals surface area contributed by atoms with E-state index in [0.717, 1.165) is 30.4 Å². The van der Waals surface area contributed by atoms with Crippen molar-refractivity contribution in [3.8, 4) is 0 Å². The van der Waals surface area contributed by atoms with E-state index in [1.807, 2.05) is 0 Å². The summed E-state index contributed by atoms with van der Waals surface area (Å²) < 4.78 is 10.7. The van der Waals surface area contributed by atoms with Crippen molar-refractivity contribution in [2.45, 2.75) is 79.6 Å². The van der Waals surface area contributed by atoms with Crippen LogP contribution >= 0.6 is 0 Å². The van der Waals surface area contributed by atoms with Gasteiger partial charge in [-0.3, -0.25) is 19.2 Å². The highest BCUT2D eigenvalue weighted by atomic mass is 16.5. The van der Waals surface area contributed by atoms with Gasteiger partial charge in [-0.05, 0) is 66.1 Å². The lowest BCUT2D eigenvalue weighted by Gasteiger charge is -2.53. The van der Waals surface area contributed by atoms with Crippen molar-refractivity contribution in [1.29, 1.82) is 0 Å². The maximum Gasteiger partial charge on any atom is 0.310 e. The fourth-order valence-electron chi connectivity index (χ4n) is 7.53. The molecule has 6 heteroatoms. The molecule has 2 fully saturated rings. The summed E-state index contributed by atoms with van der Waals surface area (Å²) in [5.41, 5.74) is 2.78. The molecular formula is C29H38O6. The second-order valence-electron chi connectivity index (χ2n) is 11.3. The zero-order valence-corrected chi connectivity index (χ0v) is 21.6. The van der Waals surface area contributed by atoms with Crippen molar-refractivity contribution < 1.29 is 28.7 Å². The minimum absolute atomic E-state index is 0.0136. The Kier molecular flexibility index (Phi) is 6.96. The number of hydrogen-bond acceptors (Lipinski definition) is 6. The van der Waals surface area contributed by atoms with Gasteiger partial charge in [-0.1, -0.05) is 46.3 Å². The molecule has 4 aliphatic carbocycles. The SMILES string of the molecule is CCC(=O)OC=C1C[C@@H]2C(=CC[C@@]3(C)[C@H]2C[C@H](C)[C@@H]3C(=O)COC(=O)CC)[C@@]2(C)CCC(=O)C=C12. The summed E-state index contributed by atoms with van der Waals surface area (Å²) in [6, 6.07) is 0. The summed E-state index contributed by atoms with van der Waals surface area (Å²) in [5, 5.41) is 0. The number of fused-ring (bicyclic) bond motifs is 5. The number of rotatable bonds is 6. The number of esters is 2. The topological polar surface area (TPSA) is 86.7 Å². The molecule has 6 nitrogen and oxygen atoms in total. The molecule has 0 saturated heterocycles. The third-order valence-corrected chi connectivity index (χ3v) is 9.23. The van der Waals surface area contributed by atoms with Gasteiger partial charge in [-0.15, -0.1) is 0 Å². The van der Waals surface area contributed by atoms with E-state index in [2.05, 4.69) is 26.8 Å². The van der Waals surface area contributed by atoms with Crippen LogP contribution in [0.2, 0.25) is 0 Å². The van der Waals surface area contributed by atoms with Gasteiger partial charge in [0.2, 0.25) is 0 Å². The molecule has 4 aliphatic rings. The molecule has 0 bridgehead atoms. The largest absolute Gasteiger partial charge is 0.458 e. The fourth-order valence-corrected chi connectivity index (χ4v) is 7.53. The van der Waals surface area contributed by atoms with Gasteiger partial charge < -0.3 is 9.47 Å². The first kappa shape index (κ1) is 25.6. The van der Waals surface area contributed by atoms with Gasteiger partial charge in [-0.2, -0.15) is 0 Å². The predicted molar refractivity (Wildman–Crippen MR) is 131 cm³/mol. The molecule has 35 heavy (non-hydrogen) atoms. The Balaban J connectivity index is 1.70. The van der Waals surface area contributed by atoms with Crippen molar-refractivity contribution in [2.75, 3.05) is 6.61 Å². The number of ether oxygens (including phenoxy) is 2. The van der Waals surface area contributed by atoms with Crippen molar-refractivity contribution in [3.63, 3.8) is 0 Å². The number of Topliss-reactive ketones (excluding diaryl/α,β-unsaturated/α-hetero) is 1.